The van der Waals surface area contributed by atoms with E-state index < -0.39 is 11.9 Å². The summed E-state index contributed by atoms with van der Waals surface area (Å²) in [6.07, 6.45) is 0.996. The number of aliphatic carboxylic acids is 1. The number of carbonyl (C=O) groups excluding carboxylic acids is 1. The van der Waals surface area contributed by atoms with Crippen LogP contribution in [-0.4, -0.2) is 30.6 Å². The fourth-order valence-corrected chi connectivity index (χ4v) is 2.40. The van der Waals surface area contributed by atoms with Crippen LogP contribution in [0.1, 0.15) is 23.5 Å². The Hall–Kier alpha value is -1.88. The van der Waals surface area contributed by atoms with Gasteiger partial charge in [-0.25, -0.2) is 0 Å². The van der Waals surface area contributed by atoms with Crippen molar-refractivity contribution in [3.8, 4) is 0 Å². The molecule has 96 valence electrons. The first-order chi connectivity index (χ1) is 8.56. The molecule has 0 aliphatic carbocycles. The molecule has 1 aliphatic rings. The molecule has 0 bridgehead atoms. The van der Waals surface area contributed by atoms with Crippen LogP contribution < -0.4 is 10.6 Å². The second-order valence-electron chi connectivity index (χ2n) is 4.42. The molecule has 0 radical (unpaired) electrons. The number of nitrogens with two attached hydrogens (primary N) is 1. The van der Waals surface area contributed by atoms with E-state index in [1.807, 2.05) is 6.07 Å². The molecule has 1 aliphatic heterocycles. The van der Waals surface area contributed by atoms with Crippen molar-refractivity contribution in [2.75, 3.05) is 18.5 Å². The van der Waals surface area contributed by atoms with Crippen molar-refractivity contribution < 1.29 is 14.7 Å². The molecule has 1 aromatic carbocycles. The zero-order valence-corrected chi connectivity index (χ0v) is 10.2. The monoisotopic (exact) mass is 248 g/mol. The number of anilines is 1. The number of amides is 1. The van der Waals surface area contributed by atoms with Crippen LogP contribution in [-0.2, 0) is 16.0 Å². The molecule has 0 spiro atoms. The normalized spacial score (nSPS) is 16.3. The van der Waals surface area contributed by atoms with Gasteiger partial charge in [0.05, 0.1) is 5.92 Å². The lowest BCUT2D eigenvalue weighted by Gasteiger charge is -2.28. The van der Waals surface area contributed by atoms with E-state index in [0.717, 1.165) is 16.8 Å². The number of fused-ring (bicyclic) bond motifs is 1. The van der Waals surface area contributed by atoms with Gasteiger partial charge in [-0.05, 0) is 23.6 Å². The predicted octanol–water partition coefficient (Wildman–Crippen LogP) is 0.723. The summed E-state index contributed by atoms with van der Waals surface area (Å²) < 4.78 is 0. The fourth-order valence-electron chi connectivity index (χ4n) is 2.40. The maximum absolute atomic E-state index is 11.6. The van der Waals surface area contributed by atoms with Crippen LogP contribution in [0, 0.1) is 0 Å². The minimum atomic E-state index is -0.926. The molecule has 3 N–H and O–H groups in total. The summed E-state index contributed by atoms with van der Waals surface area (Å²) in [4.78, 5) is 24.4. The van der Waals surface area contributed by atoms with Gasteiger partial charge in [0.25, 0.3) is 0 Å². The van der Waals surface area contributed by atoms with Crippen molar-refractivity contribution in [1.82, 2.24) is 0 Å². The molecule has 0 saturated carbocycles. The topological polar surface area (TPSA) is 83.6 Å². The van der Waals surface area contributed by atoms with Gasteiger partial charge in [0.15, 0.2) is 0 Å². The first-order valence-electron chi connectivity index (χ1n) is 5.87. The summed E-state index contributed by atoms with van der Waals surface area (Å²) in [7, 11) is 1.71. The SMILES string of the molecule is CN1C(=O)CCc2c(C(CN)C(=O)O)cccc21. The Morgan fingerprint density at radius 3 is 2.83 bits per heavy atom. The Bertz CT molecular complexity index is 499. The largest absolute Gasteiger partial charge is 0.481 e. The number of rotatable bonds is 3. The molecule has 2 rings (SSSR count). The number of carboxylic acid groups (broad SMARTS) is 1. The fraction of sp³-hybridized carbons (Fsp3) is 0.385. The van der Waals surface area contributed by atoms with Gasteiger partial charge in [-0.1, -0.05) is 12.1 Å². The lowest BCUT2D eigenvalue weighted by atomic mass is 9.88. The van der Waals surface area contributed by atoms with E-state index in [1.165, 1.54) is 0 Å². The summed E-state index contributed by atoms with van der Waals surface area (Å²) in [5, 5.41) is 9.19. The third-order valence-corrected chi connectivity index (χ3v) is 3.42. The third kappa shape index (κ3) is 1.97. The molecule has 1 amide bonds. The van der Waals surface area contributed by atoms with Gasteiger partial charge < -0.3 is 15.7 Å². The number of hydrogen-bond donors (Lipinski definition) is 2. The van der Waals surface area contributed by atoms with E-state index in [2.05, 4.69) is 0 Å². The predicted molar refractivity (Wildman–Crippen MR) is 67.6 cm³/mol. The minimum absolute atomic E-state index is 0.0549. The summed E-state index contributed by atoms with van der Waals surface area (Å²) in [5.41, 5.74) is 7.99. The molecule has 1 unspecified atom stereocenters. The molecule has 18 heavy (non-hydrogen) atoms. The van der Waals surface area contributed by atoms with Gasteiger partial charge in [-0.2, -0.15) is 0 Å². The van der Waals surface area contributed by atoms with Crippen molar-refractivity contribution >= 4 is 17.6 Å². The maximum Gasteiger partial charge on any atom is 0.312 e. The van der Waals surface area contributed by atoms with E-state index in [4.69, 9.17) is 5.73 Å². The Labute approximate surface area is 105 Å². The Morgan fingerprint density at radius 2 is 2.22 bits per heavy atom. The van der Waals surface area contributed by atoms with Gasteiger partial charge in [0.1, 0.15) is 0 Å². The number of benzene rings is 1. The van der Waals surface area contributed by atoms with Crippen LogP contribution in [0.4, 0.5) is 5.69 Å². The third-order valence-electron chi connectivity index (χ3n) is 3.42. The molecule has 0 saturated heterocycles. The molecular formula is C13H16N2O3. The number of nitrogens with zero attached hydrogens (tertiary/aromatic N) is 1. The Kier molecular flexibility index (Phi) is 3.34. The van der Waals surface area contributed by atoms with Gasteiger partial charge in [-0.3, -0.25) is 9.59 Å². The van der Waals surface area contributed by atoms with Crippen LogP contribution in [0.25, 0.3) is 0 Å². The van der Waals surface area contributed by atoms with Gasteiger partial charge >= 0.3 is 5.97 Å². The highest BCUT2D eigenvalue weighted by molar-refractivity contribution is 5.96. The highest BCUT2D eigenvalue weighted by Gasteiger charge is 2.27. The highest BCUT2D eigenvalue weighted by atomic mass is 16.4. The molecule has 1 aromatic rings. The number of hydrogen-bond acceptors (Lipinski definition) is 3. The zero-order chi connectivity index (χ0) is 13.3. The Morgan fingerprint density at radius 1 is 1.50 bits per heavy atom. The highest BCUT2D eigenvalue weighted by Crippen LogP contribution is 2.33. The maximum atomic E-state index is 11.6. The number of carbonyl (C=O) groups is 2. The average Bonchev–Trinajstić information content (AvgIpc) is 2.35. The second-order valence-corrected chi connectivity index (χ2v) is 4.42. The summed E-state index contributed by atoms with van der Waals surface area (Å²) in [6.45, 7) is 0.0590. The molecule has 0 aromatic heterocycles. The first kappa shape index (κ1) is 12.6. The molecule has 5 nitrogen and oxygen atoms in total. The van der Waals surface area contributed by atoms with Crippen LogP contribution in [0.2, 0.25) is 0 Å². The molecule has 5 heteroatoms. The smallest absolute Gasteiger partial charge is 0.312 e. The summed E-state index contributed by atoms with van der Waals surface area (Å²) >= 11 is 0. The van der Waals surface area contributed by atoms with Gasteiger partial charge in [0, 0.05) is 25.7 Å². The van der Waals surface area contributed by atoms with Crippen LogP contribution in [0.3, 0.4) is 0 Å². The second kappa shape index (κ2) is 4.78. The van der Waals surface area contributed by atoms with E-state index in [1.54, 1.807) is 24.1 Å². The summed E-state index contributed by atoms with van der Waals surface area (Å²) in [6, 6.07) is 5.40. The van der Waals surface area contributed by atoms with Crippen LogP contribution >= 0.6 is 0 Å². The lowest BCUT2D eigenvalue weighted by Crippen LogP contribution is -2.32. The average molecular weight is 248 g/mol. The van der Waals surface area contributed by atoms with Crippen molar-refractivity contribution in [3.63, 3.8) is 0 Å². The summed E-state index contributed by atoms with van der Waals surface area (Å²) in [5.74, 6) is -1.58. The molecule has 0 fully saturated rings. The van der Waals surface area contributed by atoms with Crippen molar-refractivity contribution in [2.24, 2.45) is 5.73 Å². The van der Waals surface area contributed by atoms with Crippen molar-refractivity contribution in [1.29, 1.82) is 0 Å². The van der Waals surface area contributed by atoms with Crippen molar-refractivity contribution in [3.05, 3.63) is 29.3 Å². The first-order valence-corrected chi connectivity index (χ1v) is 5.87. The molecule has 1 heterocycles. The quantitative estimate of drug-likeness (QED) is 0.825. The molecular weight excluding hydrogens is 232 g/mol. The van der Waals surface area contributed by atoms with Gasteiger partial charge in [-0.15, -0.1) is 0 Å². The standard InChI is InChI=1S/C13H16N2O3/c1-15-11-4-2-3-8(10(7-14)13(17)18)9(11)5-6-12(15)16/h2-4,10H,5-7,14H2,1H3,(H,17,18). The van der Waals surface area contributed by atoms with Crippen molar-refractivity contribution in [2.45, 2.75) is 18.8 Å². The lowest BCUT2D eigenvalue weighted by molar-refractivity contribution is -0.138. The van der Waals surface area contributed by atoms with Crippen LogP contribution in [0.15, 0.2) is 18.2 Å². The number of carboxylic acids is 1. The van der Waals surface area contributed by atoms with E-state index in [9.17, 15) is 14.7 Å². The van der Waals surface area contributed by atoms with Crippen LogP contribution in [0.5, 0.6) is 0 Å². The minimum Gasteiger partial charge on any atom is -0.481 e. The Balaban J connectivity index is 2.51. The van der Waals surface area contributed by atoms with E-state index in [0.29, 0.717) is 12.8 Å². The zero-order valence-electron chi connectivity index (χ0n) is 10.2. The van der Waals surface area contributed by atoms with E-state index in [-0.39, 0.29) is 12.5 Å². The van der Waals surface area contributed by atoms with E-state index >= 15 is 0 Å². The van der Waals surface area contributed by atoms with Gasteiger partial charge in [0.2, 0.25) is 5.91 Å². The molecule has 1 atom stereocenters.